The summed E-state index contributed by atoms with van der Waals surface area (Å²) >= 11 is 0. The molecule has 3 rings (SSSR count). The first-order valence-electron chi connectivity index (χ1n) is 6.34. The second-order valence-electron chi connectivity index (χ2n) is 4.81. The lowest BCUT2D eigenvalue weighted by atomic mass is 10.4. The summed E-state index contributed by atoms with van der Waals surface area (Å²) in [6.07, 6.45) is 6.66. The molecule has 7 heteroatoms. The molecule has 0 atom stereocenters. The second-order valence-corrected chi connectivity index (χ2v) is 6.49. The largest absolute Gasteiger partial charge is 0.390 e. The Morgan fingerprint density at radius 1 is 1.45 bits per heavy atom. The minimum atomic E-state index is -3.65. The van der Waals surface area contributed by atoms with Crippen molar-refractivity contribution in [2.75, 3.05) is 4.72 Å². The van der Waals surface area contributed by atoms with Crippen molar-refractivity contribution in [1.29, 1.82) is 0 Å². The van der Waals surface area contributed by atoms with E-state index in [2.05, 4.69) is 9.71 Å². The van der Waals surface area contributed by atoms with Gasteiger partial charge in [-0.3, -0.25) is 9.71 Å². The molecular weight excluding hydrogens is 278 g/mol. The molecule has 20 heavy (non-hydrogen) atoms. The highest BCUT2D eigenvalue weighted by Crippen LogP contribution is 2.37. The Balaban J connectivity index is 1.91. The van der Waals surface area contributed by atoms with Crippen molar-refractivity contribution < 1.29 is 13.5 Å². The van der Waals surface area contributed by atoms with E-state index in [9.17, 15) is 13.5 Å². The fourth-order valence-corrected chi connectivity index (χ4v) is 3.19. The summed E-state index contributed by atoms with van der Waals surface area (Å²) in [5, 5.41) is 9.32. The molecule has 1 saturated carbocycles. The quantitative estimate of drug-likeness (QED) is 0.875. The van der Waals surface area contributed by atoms with Crippen LogP contribution in [0.2, 0.25) is 0 Å². The molecule has 2 heterocycles. The first-order chi connectivity index (χ1) is 9.60. The van der Waals surface area contributed by atoms with Gasteiger partial charge >= 0.3 is 0 Å². The van der Waals surface area contributed by atoms with Crippen molar-refractivity contribution >= 4 is 15.7 Å². The van der Waals surface area contributed by atoms with Gasteiger partial charge in [-0.15, -0.1) is 0 Å². The zero-order chi connectivity index (χ0) is 14.2. The molecule has 6 nitrogen and oxygen atoms in total. The van der Waals surface area contributed by atoms with E-state index < -0.39 is 10.0 Å². The zero-order valence-corrected chi connectivity index (χ0v) is 11.5. The highest BCUT2D eigenvalue weighted by molar-refractivity contribution is 7.92. The molecule has 0 radical (unpaired) electrons. The van der Waals surface area contributed by atoms with Gasteiger partial charge in [-0.2, -0.15) is 0 Å². The van der Waals surface area contributed by atoms with Gasteiger partial charge in [0.2, 0.25) is 0 Å². The topological polar surface area (TPSA) is 84.2 Å². The van der Waals surface area contributed by atoms with Gasteiger partial charge in [0, 0.05) is 24.1 Å². The lowest BCUT2D eigenvalue weighted by Gasteiger charge is -2.05. The Morgan fingerprint density at radius 3 is 2.85 bits per heavy atom. The van der Waals surface area contributed by atoms with Crippen LogP contribution in [0.4, 0.5) is 5.69 Å². The lowest BCUT2D eigenvalue weighted by Crippen LogP contribution is -2.12. The molecule has 0 bridgehead atoms. The molecule has 0 spiro atoms. The molecule has 0 unspecified atom stereocenters. The number of aliphatic hydroxyl groups excluding tert-OH is 1. The number of nitrogens with zero attached hydrogens (tertiary/aromatic N) is 2. The fourth-order valence-electron chi connectivity index (χ4n) is 2.10. The van der Waals surface area contributed by atoms with Gasteiger partial charge in [0.05, 0.1) is 18.5 Å². The summed E-state index contributed by atoms with van der Waals surface area (Å²) in [7, 11) is -3.65. The highest BCUT2D eigenvalue weighted by Gasteiger charge is 2.28. The summed E-state index contributed by atoms with van der Waals surface area (Å²) in [5.74, 6) is 0. The van der Waals surface area contributed by atoms with E-state index in [1.54, 1.807) is 24.5 Å². The van der Waals surface area contributed by atoms with Gasteiger partial charge in [0.25, 0.3) is 10.0 Å². The van der Waals surface area contributed by atoms with Gasteiger partial charge in [0.15, 0.2) is 0 Å². The van der Waals surface area contributed by atoms with Crippen LogP contribution < -0.4 is 4.72 Å². The number of hydrogen-bond acceptors (Lipinski definition) is 4. The summed E-state index contributed by atoms with van der Waals surface area (Å²) < 4.78 is 28.9. The maximum Gasteiger partial charge on any atom is 0.263 e. The minimum Gasteiger partial charge on any atom is -0.390 e. The molecule has 1 aliphatic carbocycles. The number of anilines is 1. The third-order valence-electron chi connectivity index (χ3n) is 3.23. The molecule has 106 valence electrons. The fraction of sp³-hybridized carbons (Fsp3) is 0.308. The van der Waals surface area contributed by atoms with E-state index in [0.29, 0.717) is 17.4 Å². The van der Waals surface area contributed by atoms with Gasteiger partial charge in [0.1, 0.15) is 4.90 Å². The third-order valence-corrected chi connectivity index (χ3v) is 4.58. The van der Waals surface area contributed by atoms with Crippen LogP contribution in [0.5, 0.6) is 0 Å². The second kappa shape index (κ2) is 4.92. The summed E-state index contributed by atoms with van der Waals surface area (Å²) in [6, 6.07) is 5.12. The van der Waals surface area contributed by atoms with Crippen molar-refractivity contribution in [3.8, 4) is 0 Å². The molecular formula is C13H15N3O3S. The number of sulfonamides is 1. The van der Waals surface area contributed by atoms with Crippen LogP contribution in [0.1, 0.15) is 24.6 Å². The van der Waals surface area contributed by atoms with Crippen molar-refractivity contribution in [2.24, 2.45) is 0 Å². The zero-order valence-electron chi connectivity index (χ0n) is 10.7. The van der Waals surface area contributed by atoms with Crippen molar-refractivity contribution in [1.82, 2.24) is 9.55 Å². The molecule has 1 fully saturated rings. The Morgan fingerprint density at radius 2 is 2.25 bits per heavy atom. The average Bonchev–Trinajstić information content (AvgIpc) is 3.18. The molecule has 2 aromatic rings. The maximum absolute atomic E-state index is 12.3. The van der Waals surface area contributed by atoms with Crippen LogP contribution in [0.15, 0.2) is 41.7 Å². The van der Waals surface area contributed by atoms with Crippen molar-refractivity contribution in [3.63, 3.8) is 0 Å². The lowest BCUT2D eigenvalue weighted by molar-refractivity contribution is 0.270. The number of nitrogens with one attached hydrogen (secondary N) is 1. The summed E-state index contributed by atoms with van der Waals surface area (Å²) in [4.78, 5) is 4.03. The summed E-state index contributed by atoms with van der Waals surface area (Å²) in [6.45, 7) is -0.168. The Labute approximate surface area is 117 Å². The molecule has 0 amide bonds. The van der Waals surface area contributed by atoms with E-state index in [4.69, 9.17) is 0 Å². The molecule has 2 aromatic heterocycles. The average molecular weight is 293 g/mol. The number of hydrogen-bond donors (Lipinski definition) is 2. The third kappa shape index (κ3) is 2.54. The summed E-state index contributed by atoms with van der Waals surface area (Å²) in [5.41, 5.74) is 1.04. The van der Waals surface area contributed by atoms with Crippen LogP contribution in [0, 0.1) is 0 Å². The molecule has 0 aliphatic heterocycles. The van der Waals surface area contributed by atoms with Gasteiger partial charge in [-0.05, 0) is 31.0 Å². The van der Waals surface area contributed by atoms with E-state index in [1.165, 1.54) is 12.3 Å². The maximum atomic E-state index is 12.3. The van der Waals surface area contributed by atoms with Crippen LogP contribution in [0.25, 0.3) is 0 Å². The molecule has 2 N–H and O–H groups in total. The van der Waals surface area contributed by atoms with Crippen LogP contribution in [0.3, 0.4) is 0 Å². The molecule has 0 saturated heterocycles. The number of pyridine rings is 1. The predicted molar refractivity (Wildman–Crippen MR) is 73.7 cm³/mol. The SMILES string of the molecule is O=S(=O)(Nc1cccnc1)c1cc(CO)n(C2CC2)c1. The van der Waals surface area contributed by atoms with Crippen LogP contribution in [-0.2, 0) is 16.6 Å². The van der Waals surface area contributed by atoms with Gasteiger partial charge < -0.3 is 9.67 Å². The van der Waals surface area contributed by atoms with E-state index >= 15 is 0 Å². The van der Waals surface area contributed by atoms with Gasteiger partial charge in [-0.1, -0.05) is 0 Å². The Bertz CT molecular complexity index is 706. The van der Waals surface area contributed by atoms with Crippen LogP contribution >= 0.6 is 0 Å². The highest BCUT2D eigenvalue weighted by atomic mass is 32.2. The predicted octanol–water partition coefficient (Wildman–Crippen LogP) is 1.51. The number of aromatic nitrogens is 2. The molecule has 0 aromatic carbocycles. The van der Waals surface area contributed by atoms with Crippen molar-refractivity contribution in [3.05, 3.63) is 42.5 Å². The number of rotatable bonds is 5. The van der Waals surface area contributed by atoms with E-state index in [1.807, 2.05) is 4.57 Å². The standard InChI is InChI=1S/C13H15N3O3S/c17-9-12-6-13(8-16(12)11-3-4-11)20(18,19)15-10-2-1-5-14-7-10/h1-2,5-8,11,15,17H,3-4,9H2. The van der Waals surface area contributed by atoms with E-state index in [-0.39, 0.29) is 11.5 Å². The monoisotopic (exact) mass is 293 g/mol. The smallest absolute Gasteiger partial charge is 0.263 e. The molecule has 1 aliphatic rings. The van der Waals surface area contributed by atoms with E-state index in [0.717, 1.165) is 12.8 Å². The normalized spacial score (nSPS) is 15.2. The van der Waals surface area contributed by atoms with Crippen molar-refractivity contribution in [2.45, 2.75) is 30.4 Å². The number of aliphatic hydroxyl groups is 1. The van der Waals surface area contributed by atoms with Gasteiger partial charge in [-0.25, -0.2) is 8.42 Å². The Hall–Kier alpha value is -1.86. The first-order valence-corrected chi connectivity index (χ1v) is 7.83. The van der Waals surface area contributed by atoms with Crippen LogP contribution in [-0.4, -0.2) is 23.1 Å². The Kier molecular flexibility index (Phi) is 3.23. The first kappa shape index (κ1) is 13.1. The minimum absolute atomic E-state index is 0.164.